The zero-order chi connectivity index (χ0) is 16.8. The van der Waals surface area contributed by atoms with Gasteiger partial charge in [-0.1, -0.05) is 29.3 Å². The van der Waals surface area contributed by atoms with Gasteiger partial charge in [-0.25, -0.2) is 0 Å². The van der Waals surface area contributed by atoms with Gasteiger partial charge in [0.25, 0.3) is 0 Å². The average molecular weight is 359 g/mol. The molecule has 23 heavy (non-hydrogen) atoms. The van der Waals surface area contributed by atoms with Crippen molar-refractivity contribution < 1.29 is 14.3 Å². The van der Waals surface area contributed by atoms with Crippen molar-refractivity contribution in [1.82, 2.24) is 10.2 Å². The van der Waals surface area contributed by atoms with Gasteiger partial charge >= 0.3 is 0 Å². The summed E-state index contributed by atoms with van der Waals surface area (Å²) < 4.78 is 5.74. The third-order valence-corrected chi connectivity index (χ3v) is 4.41. The lowest BCUT2D eigenvalue weighted by Gasteiger charge is -2.33. The summed E-state index contributed by atoms with van der Waals surface area (Å²) in [5.41, 5.74) is 0.912. The summed E-state index contributed by atoms with van der Waals surface area (Å²) in [5.74, 6) is -0.00721. The van der Waals surface area contributed by atoms with E-state index in [1.807, 2.05) is 6.07 Å². The molecule has 0 unspecified atom stereocenters. The molecule has 1 aromatic rings. The fourth-order valence-corrected chi connectivity index (χ4v) is 2.76. The van der Waals surface area contributed by atoms with Crippen LogP contribution < -0.4 is 5.32 Å². The van der Waals surface area contributed by atoms with Crippen LogP contribution in [0.5, 0.6) is 0 Å². The Kier molecular flexibility index (Phi) is 6.69. The summed E-state index contributed by atoms with van der Waals surface area (Å²) in [7, 11) is 0. The normalized spacial score (nSPS) is 17.9. The van der Waals surface area contributed by atoms with Gasteiger partial charge in [-0.15, -0.1) is 0 Å². The SMILES string of the molecule is CC(=O)NCCCC(=O)N1CCO[C@H](c2ccc(Cl)c(Cl)c2)C1. The van der Waals surface area contributed by atoms with Gasteiger partial charge < -0.3 is 15.0 Å². The smallest absolute Gasteiger partial charge is 0.222 e. The van der Waals surface area contributed by atoms with Crippen LogP contribution in [-0.2, 0) is 14.3 Å². The summed E-state index contributed by atoms with van der Waals surface area (Å²) in [6, 6.07) is 5.37. The first-order valence-corrected chi connectivity index (χ1v) is 8.31. The van der Waals surface area contributed by atoms with Crippen LogP contribution >= 0.6 is 23.2 Å². The van der Waals surface area contributed by atoms with Crippen LogP contribution in [0.1, 0.15) is 31.4 Å². The standard InChI is InChI=1S/C16H20Cl2N2O3/c1-11(21)19-6-2-3-16(22)20-7-8-23-15(10-20)12-4-5-13(17)14(18)9-12/h4-5,9,15H,2-3,6-8,10H2,1H3,(H,19,21)/t15-/m0/s1. The predicted octanol–water partition coefficient (Wildman–Crippen LogP) is 2.81. The predicted molar refractivity (Wildman–Crippen MR) is 89.7 cm³/mol. The number of nitrogens with zero attached hydrogens (tertiary/aromatic N) is 1. The molecule has 1 aliphatic heterocycles. The molecule has 1 fully saturated rings. The number of hydrogen-bond donors (Lipinski definition) is 1. The van der Waals surface area contributed by atoms with Crippen molar-refractivity contribution in [3.8, 4) is 0 Å². The highest BCUT2D eigenvalue weighted by molar-refractivity contribution is 6.42. The van der Waals surface area contributed by atoms with E-state index in [-0.39, 0.29) is 17.9 Å². The maximum atomic E-state index is 12.3. The molecule has 0 saturated carbocycles. The molecule has 0 aromatic heterocycles. The van der Waals surface area contributed by atoms with E-state index in [1.54, 1.807) is 17.0 Å². The van der Waals surface area contributed by atoms with Crippen LogP contribution in [0.25, 0.3) is 0 Å². The van der Waals surface area contributed by atoms with E-state index in [9.17, 15) is 9.59 Å². The summed E-state index contributed by atoms with van der Waals surface area (Å²) in [5, 5.41) is 3.66. The number of carbonyl (C=O) groups is 2. The number of amides is 2. The summed E-state index contributed by atoms with van der Waals surface area (Å²) in [6.45, 7) is 3.54. The molecular formula is C16H20Cl2N2O3. The quantitative estimate of drug-likeness (QED) is 0.823. The number of ether oxygens (including phenoxy) is 1. The van der Waals surface area contributed by atoms with Gasteiger partial charge in [-0.3, -0.25) is 9.59 Å². The minimum absolute atomic E-state index is 0.0729. The average Bonchev–Trinajstić information content (AvgIpc) is 2.54. The van der Waals surface area contributed by atoms with E-state index in [0.29, 0.717) is 49.1 Å². The Balaban J connectivity index is 1.88. The fourth-order valence-electron chi connectivity index (χ4n) is 2.45. The van der Waals surface area contributed by atoms with E-state index in [4.69, 9.17) is 27.9 Å². The highest BCUT2D eigenvalue weighted by Gasteiger charge is 2.25. The van der Waals surface area contributed by atoms with Crippen LogP contribution in [0.2, 0.25) is 10.0 Å². The van der Waals surface area contributed by atoms with Crippen LogP contribution in [0.3, 0.4) is 0 Å². The fraction of sp³-hybridized carbons (Fsp3) is 0.500. The Labute approximate surface area is 145 Å². The van der Waals surface area contributed by atoms with E-state index in [1.165, 1.54) is 6.92 Å². The summed E-state index contributed by atoms with van der Waals surface area (Å²) >= 11 is 12.0. The third-order valence-electron chi connectivity index (χ3n) is 3.68. The molecule has 2 amide bonds. The molecule has 1 heterocycles. The van der Waals surface area contributed by atoms with Gasteiger partial charge in [0.15, 0.2) is 0 Å². The molecule has 0 radical (unpaired) electrons. The van der Waals surface area contributed by atoms with Gasteiger partial charge in [0.2, 0.25) is 11.8 Å². The number of benzene rings is 1. The van der Waals surface area contributed by atoms with E-state index in [0.717, 1.165) is 5.56 Å². The van der Waals surface area contributed by atoms with Crippen molar-refractivity contribution in [2.24, 2.45) is 0 Å². The molecule has 1 aromatic carbocycles. The first-order chi connectivity index (χ1) is 11.0. The monoisotopic (exact) mass is 358 g/mol. The van der Waals surface area contributed by atoms with Crippen molar-refractivity contribution >= 4 is 35.0 Å². The summed E-state index contributed by atoms with van der Waals surface area (Å²) in [4.78, 5) is 24.8. The lowest BCUT2D eigenvalue weighted by atomic mass is 10.1. The van der Waals surface area contributed by atoms with Crippen LogP contribution in [-0.4, -0.2) is 43.0 Å². The second-order valence-corrected chi connectivity index (χ2v) is 6.27. The molecule has 1 aliphatic rings. The Morgan fingerprint density at radius 1 is 1.35 bits per heavy atom. The van der Waals surface area contributed by atoms with Crippen LogP contribution in [0.4, 0.5) is 0 Å². The maximum absolute atomic E-state index is 12.3. The molecule has 1 N–H and O–H groups in total. The van der Waals surface area contributed by atoms with Gasteiger partial charge in [-0.2, -0.15) is 0 Å². The third kappa shape index (κ3) is 5.37. The molecule has 0 spiro atoms. The number of morpholine rings is 1. The second-order valence-electron chi connectivity index (χ2n) is 5.46. The number of nitrogens with one attached hydrogen (secondary N) is 1. The van der Waals surface area contributed by atoms with Crippen molar-refractivity contribution in [2.75, 3.05) is 26.2 Å². The Hall–Kier alpha value is -1.30. The van der Waals surface area contributed by atoms with Crippen molar-refractivity contribution in [2.45, 2.75) is 25.9 Å². The molecular weight excluding hydrogens is 339 g/mol. The van der Waals surface area contributed by atoms with Gasteiger partial charge in [0, 0.05) is 26.4 Å². The van der Waals surface area contributed by atoms with Crippen molar-refractivity contribution in [1.29, 1.82) is 0 Å². The largest absolute Gasteiger partial charge is 0.370 e. The van der Waals surface area contributed by atoms with Crippen molar-refractivity contribution in [3.63, 3.8) is 0 Å². The van der Waals surface area contributed by atoms with Crippen LogP contribution in [0, 0.1) is 0 Å². The molecule has 0 bridgehead atoms. The summed E-state index contributed by atoms with van der Waals surface area (Å²) in [6.07, 6.45) is 0.847. The minimum atomic E-state index is -0.196. The zero-order valence-electron chi connectivity index (χ0n) is 13.0. The first kappa shape index (κ1) is 18.0. The Bertz CT molecular complexity index is 580. The molecule has 2 rings (SSSR count). The number of hydrogen-bond acceptors (Lipinski definition) is 3. The molecule has 0 aliphatic carbocycles. The van der Waals surface area contributed by atoms with E-state index >= 15 is 0 Å². The van der Waals surface area contributed by atoms with Crippen LogP contribution in [0.15, 0.2) is 18.2 Å². The highest BCUT2D eigenvalue weighted by atomic mass is 35.5. The minimum Gasteiger partial charge on any atom is -0.370 e. The zero-order valence-corrected chi connectivity index (χ0v) is 14.5. The maximum Gasteiger partial charge on any atom is 0.222 e. The lowest BCUT2D eigenvalue weighted by Crippen LogP contribution is -2.42. The topological polar surface area (TPSA) is 58.6 Å². The van der Waals surface area contributed by atoms with E-state index < -0.39 is 0 Å². The highest BCUT2D eigenvalue weighted by Crippen LogP contribution is 2.29. The molecule has 1 atom stereocenters. The number of carbonyl (C=O) groups excluding carboxylic acids is 2. The molecule has 1 saturated heterocycles. The number of rotatable bonds is 5. The first-order valence-electron chi connectivity index (χ1n) is 7.56. The van der Waals surface area contributed by atoms with E-state index in [2.05, 4.69) is 5.32 Å². The molecule has 7 heteroatoms. The van der Waals surface area contributed by atoms with Crippen molar-refractivity contribution in [3.05, 3.63) is 33.8 Å². The van der Waals surface area contributed by atoms with Gasteiger partial charge in [0.05, 0.1) is 23.2 Å². The van der Waals surface area contributed by atoms with Gasteiger partial charge in [0.1, 0.15) is 6.10 Å². The number of halogens is 2. The lowest BCUT2D eigenvalue weighted by molar-refractivity contribution is -0.139. The van der Waals surface area contributed by atoms with Gasteiger partial charge in [-0.05, 0) is 24.1 Å². The molecule has 126 valence electrons. The Morgan fingerprint density at radius 2 is 2.13 bits per heavy atom. The second kappa shape index (κ2) is 8.52. The Morgan fingerprint density at radius 3 is 2.83 bits per heavy atom. The molecule has 5 nitrogen and oxygen atoms in total.